The van der Waals surface area contributed by atoms with Crippen molar-refractivity contribution in [2.45, 2.75) is 52.2 Å². The topological polar surface area (TPSA) is 72.3 Å². The lowest BCUT2D eigenvalue weighted by molar-refractivity contribution is -0.132. The summed E-state index contributed by atoms with van der Waals surface area (Å²) in [5, 5.41) is 0. The molecule has 1 rings (SSSR count). The highest BCUT2D eigenvalue weighted by molar-refractivity contribution is 5.80. The van der Waals surface area contributed by atoms with E-state index in [1.165, 1.54) is 0 Å². The molecule has 4 N–H and O–H groups in total. The number of carbonyl (C=O) groups is 1. The molecule has 15 heavy (non-hydrogen) atoms. The Morgan fingerprint density at radius 2 is 2.00 bits per heavy atom. The Morgan fingerprint density at radius 1 is 1.47 bits per heavy atom. The zero-order valence-electron chi connectivity index (χ0n) is 10.2. The number of amides is 1. The molecule has 0 aromatic heterocycles. The van der Waals surface area contributed by atoms with Crippen molar-refractivity contribution in [3.63, 3.8) is 0 Å². The number of nitrogens with two attached hydrogens (primary N) is 2. The predicted molar refractivity (Wildman–Crippen MR) is 61.2 cm³/mol. The largest absolute Gasteiger partial charge is 0.368 e. The van der Waals surface area contributed by atoms with E-state index in [2.05, 4.69) is 25.7 Å². The van der Waals surface area contributed by atoms with Crippen LogP contribution in [0.4, 0.5) is 0 Å². The van der Waals surface area contributed by atoms with E-state index < -0.39 is 0 Å². The van der Waals surface area contributed by atoms with Crippen LogP contribution in [0.5, 0.6) is 0 Å². The van der Waals surface area contributed by atoms with Gasteiger partial charge in [-0.15, -0.1) is 0 Å². The highest BCUT2D eigenvalue weighted by Gasteiger charge is 2.43. The summed E-state index contributed by atoms with van der Waals surface area (Å²) in [6.45, 7) is 9.37. The lowest BCUT2D eigenvalue weighted by Crippen LogP contribution is -2.65. The average molecular weight is 213 g/mol. The van der Waals surface area contributed by atoms with Gasteiger partial charge in [0.2, 0.25) is 5.91 Å². The lowest BCUT2D eigenvalue weighted by Gasteiger charge is -2.51. The first-order valence-electron chi connectivity index (χ1n) is 5.56. The van der Waals surface area contributed by atoms with Crippen molar-refractivity contribution in [3.8, 4) is 0 Å². The van der Waals surface area contributed by atoms with Crippen LogP contribution in [0, 0.1) is 5.41 Å². The third-order valence-corrected chi connectivity index (χ3v) is 3.13. The third kappa shape index (κ3) is 2.49. The number of likely N-dealkylation sites (tertiary alicyclic amines) is 1. The molecule has 0 saturated carbocycles. The number of rotatable bonds is 3. The number of nitrogens with zero attached hydrogens (tertiary/aromatic N) is 1. The fraction of sp³-hybridized carbons (Fsp3) is 0.909. The zero-order chi connectivity index (χ0) is 11.8. The van der Waals surface area contributed by atoms with Crippen LogP contribution in [-0.2, 0) is 4.79 Å². The molecule has 88 valence electrons. The summed E-state index contributed by atoms with van der Waals surface area (Å²) >= 11 is 0. The van der Waals surface area contributed by atoms with Crippen LogP contribution in [0.2, 0.25) is 0 Å². The van der Waals surface area contributed by atoms with Gasteiger partial charge in [-0.05, 0) is 18.8 Å². The normalized spacial score (nSPS) is 26.9. The molecular formula is C11H23N3O. The summed E-state index contributed by atoms with van der Waals surface area (Å²) in [5.41, 5.74) is 11.4. The molecule has 1 aliphatic rings. The summed E-state index contributed by atoms with van der Waals surface area (Å²) in [4.78, 5) is 13.3. The van der Waals surface area contributed by atoms with Crippen molar-refractivity contribution < 1.29 is 4.79 Å². The van der Waals surface area contributed by atoms with E-state index >= 15 is 0 Å². The van der Waals surface area contributed by atoms with Gasteiger partial charge in [0.05, 0.1) is 6.04 Å². The molecule has 1 amide bonds. The second-order valence-corrected chi connectivity index (χ2v) is 5.61. The van der Waals surface area contributed by atoms with Crippen molar-refractivity contribution in [2.75, 3.05) is 6.54 Å². The third-order valence-electron chi connectivity index (χ3n) is 3.13. The molecule has 4 nitrogen and oxygen atoms in total. The smallest absolute Gasteiger partial charge is 0.234 e. The van der Waals surface area contributed by atoms with Crippen LogP contribution in [0.15, 0.2) is 0 Å². The fourth-order valence-electron chi connectivity index (χ4n) is 2.63. The van der Waals surface area contributed by atoms with Gasteiger partial charge in [0.1, 0.15) is 0 Å². The first-order chi connectivity index (χ1) is 6.75. The molecule has 0 aliphatic carbocycles. The molecule has 1 heterocycles. The Bertz CT molecular complexity index is 245. The summed E-state index contributed by atoms with van der Waals surface area (Å²) < 4.78 is 0. The van der Waals surface area contributed by atoms with Crippen molar-refractivity contribution in [1.82, 2.24) is 4.90 Å². The molecule has 3 atom stereocenters. The minimum absolute atomic E-state index is 0.0483. The molecule has 0 aromatic carbocycles. The Morgan fingerprint density at radius 3 is 2.20 bits per heavy atom. The summed E-state index contributed by atoms with van der Waals surface area (Å²) in [7, 11) is 0. The van der Waals surface area contributed by atoms with Gasteiger partial charge < -0.3 is 11.5 Å². The van der Waals surface area contributed by atoms with Gasteiger partial charge in [-0.3, -0.25) is 9.69 Å². The van der Waals surface area contributed by atoms with E-state index in [0.29, 0.717) is 0 Å². The minimum Gasteiger partial charge on any atom is -0.368 e. The SMILES string of the molecule is CC(N)C(N1CCC1C(N)=O)C(C)(C)C. The van der Waals surface area contributed by atoms with E-state index in [-0.39, 0.29) is 29.4 Å². The van der Waals surface area contributed by atoms with Crippen molar-refractivity contribution in [2.24, 2.45) is 16.9 Å². The standard InChI is InChI=1S/C11H23N3O/c1-7(12)9(11(2,3)4)14-6-5-8(14)10(13)15/h7-9H,5-6,12H2,1-4H3,(H2,13,15). The molecule has 0 bridgehead atoms. The van der Waals surface area contributed by atoms with Crippen LogP contribution in [0.3, 0.4) is 0 Å². The second kappa shape index (κ2) is 4.10. The molecule has 0 spiro atoms. The number of carbonyl (C=O) groups excluding carboxylic acids is 1. The number of hydrogen-bond donors (Lipinski definition) is 2. The summed E-state index contributed by atoms with van der Waals surface area (Å²) in [6.07, 6.45) is 0.870. The molecule has 0 aromatic rings. The van der Waals surface area contributed by atoms with Crippen LogP contribution in [-0.4, -0.2) is 35.5 Å². The monoisotopic (exact) mass is 213 g/mol. The van der Waals surface area contributed by atoms with E-state index in [1.807, 2.05) is 6.92 Å². The molecule has 1 fully saturated rings. The second-order valence-electron chi connectivity index (χ2n) is 5.61. The van der Waals surface area contributed by atoms with Gasteiger partial charge in [0, 0.05) is 18.6 Å². The number of primary amides is 1. The minimum atomic E-state index is -0.226. The van der Waals surface area contributed by atoms with E-state index in [0.717, 1.165) is 13.0 Å². The van der Waals surface area contributed by atoms with Gasteiger partial charge in [-0.1, -0.05) is 20.8 Å². The van der Waals surface area contributed by atoms with Crippen LogP contribution < -0.4 is 11.5 Å². The van der Waals surface area contributed by atoms with Gasteiger partial charge >= 0.3 is 0 Å². The van der Waals surface area contributed by atoms with E-state index in [4.69, 9.17) is 11.5 Å². The lowest BCUT2D eigenvalue weighted by atomic mass is 9.79. The molecule has 1 aliphatic heterocycles. The first kappa shape index (κ1) is 12.5. The van der Waals surface area contributed by atoms with Crippen LogP contribution in [0.25, 0.3) is 0 Å². The van der Waals surface area contributed by atoms with Crippen molar-refractivity contribution in [1.29, 1.82) is 0 Å². The maximum atomic E-state index is 11.2. The Labute approximate surface area is 92.0 Å². The van der Waals surface area contributed by atoms with Crippen LogP contribution in [0.1, 0.15) is 34.1 Å². The molecule has 1 saturated heterocycles. The predicted octanol–water partition coefficient (Wildman–Crippen LogP) is 0.308. The fourth-order valence-corrected chi connectivity index (χ4v) is 2.63. The van der Waals surface area contributed by atoms with Crippen LogP contribution >= 0.6 is 0 Å². The molecule has 4 heteroatoms. The van der Waals surface area contributed by atoms with Gasteiger partial charge in [-0.25, -0.2) is 0 Å². The summed E-state index contributed by atoms with van der Waals surface area (Å²) in [6, 6.07) is 0.149. The maximum Gasteiger partial charge on any atom is 0.234 e. The van der Waals surface area contributed by atoms with Crippen molar-refractivity contribution in [3.05, 3.63) is 0 Å². The first-order valence-corrected chi connectivity index (χ1v) is 5.56. The van der Waals surface area contributed by atoms with Gasteiger partial charge in [0.15, 0.2) is 0 Å². The highest BCUT2D eigenvalue weighted by Crippen LogP contribution is 2.32. The maximum absolute atomic E-state index is 11.2. The highest BCUT2D eigenvalue weighted by atomic mass is 16.1. The molecule has 3 unspecified atom stereocenters. The van der Waals surface area contributed by atoms with Gasteiger partial charge in [-0.2, -0.15) is 0 Å². The van der Waals surface area contributed by atoms with Gasteiger partial charge in [0.25, 0.3) is 0 Å². The summed E-state index contributed by atoms with van der Waals surface area (Å²) in [5.74, 6) is -0.226. The Hall–Kier alpha value is -0.610. The van der Waals surface area contributed by atoms with E-state index in [1.54, 1.807) is 0 Å². The zero-order valence-corrected chi connectivity index (χ0v) is 10.2. The Balaban J connectivity index is 2.78. The molecule has 0 radical (unpaired) electrons. The average Bonchev–Trinajstić information content (AvgIpc) is 1.92. The van der Waals surface area contributed by atoms with E-state index in [9.17, 15) is 4.79 Å². The molecular weight excluding hydrogens is 190 g/mol. The number of hydrogen-bond acceptors (Lipinski definition) is 3. The van der Waals surface area contributed by atoms with Crippen molar-refractivity contribution >= 4 is 5.91 Å². The Kier molecular flexibility index (Phi) is 3.41. The quantitative estimate of drug-likeness (QED) is 0.708.